The molecule has 136 valence electrons. The summed E-state index contributed by atoms with van der Waals surface area (Å²) in [5.74, 6) is 0.293. The maximum atomic E-state index is 12.2. The largest absolute Gasteiger partial charge is 0.489 e. The van der Waals surface area contributed by atoms with Gasteiger partial charge in [0, 0.05) is 17.6 Å². The molecule has 0 bridgehead atoms. The predicted octanol–water partition coefficient (Wildman–Crippen LogP) is 3.62. The van der Waals surface area contributed by atoms with E-state index in [1.807, 2.05) is 38.1 Å². The number of amidine groups is 1. The Morgan fingerprint density at radius 3 is 2.93 bits per heavy atom. The van der Waals surface area contributed by atoms with E-state index in [9.17, 15) is 10.1 Å². The Labute approximate surface area is 161 Å². The molecule has 27 heavy (non-hydrogen) atoms. The van der Waals surface area contributed by atoms with Crippen LogP contribution in [0.1, 0.15) is 37.8 Å². The third kappa shape index (κ3) is 3.81. The number of aromatic nitrogens is 1. The SMILES string of the molecule is CC(C)Oc1c(C#N)cnc2ccc(/C=C3\SC(NC4CC4)=NC3=O)cc12. The molecular formula is C20H18N4O2S. The van der Waals surface area contributed by atoms with Crippen LogP contribution in [0.4, 0.5) is 0 Å². The molecule has 2 aromatic rings. The van der Waals surface area contributed by atoms with Crippen LogP contribution < -0.4 is 10.1 Å². The first-order valence-corrected chi connectivity index (χ1v) is 9.64. The van der Waals surface area contributed by atoms with Crippen molar-refractivity contribution in [3.63, 3.8) is 0 Å². The fourth-order valence-electron chi connectivity index (χ4n) is 2.74. The van der Waals surface area contributed by atoms with Gasteiger partial charge in [0.25, 0.3) is 5.91 Å². The lowest BCUT2D eigenvalue weighted by atomic mass is 10.1. The maximum Gasteiger partial charge on any atom is 0.286 e. The van der Waals surface area contributed by atoms with Crippen LogP contribution in [0.3, 0.4) is 0 Å². The fourth-order valence-corrected chi connectivity index (χ4v) is 3.63. The van der Waals surface area contributed by atoms with Crippen molar-refractivity contribution < 1.29 is 9.53 Å². The van der Waals surface area contributed by atoms with Gasteiger partial charge in [0.2, 0.25) is 0 Å². The first kappa shape index (κ1) is 17.6. The van der Waals surface area contributed by atoms with E-state index >= 15 is 0 Å². The summed E-state index contributed by atoms with van der Waals surface area (Å²) < 4.78 is 5.88. The normalized spacial score (nSPS) is 18.1. The second kappa shape index (κ2) is 7.05. The molecular weight excluding hydrogens is 360 g/mol. The molecule has 0 atom stereocenters. The van der Waals surface area contributed by atoms with E-state index in [0.29, 0.717) is 27.4 Å². The lowest BCUT2D eigenvalue weighted by Gasteiger charge is -2.14. The number of fused-ring (bicyclic) bond motifs is 1. The second-order valence-corrected chi connectivity index (χ2v) is 7.84. The monoisotopic (exact) mass is 378 g/mol. The van der Waals surface area contributed by atoms with E-state index in [0.717, 1.165) is 29.3 Å². The lowest BCUT2D eigenvalue weighted by Crippen LogP contribution is -2.20. The van der Waals surface area contributed by atoms with Crippen molar-refractivity contribution in [2.75, 3.05) is 0 Å². The topological polar surface area (TPSA) is 87.4 Å². The first-order chi connectivity index (χ1) is 13.0. The molecule has 1 aromatic carbocycles. The van der Waals surface area contributed by atoms with Gasteiger partial charge in [-0.05, 0) is 62.2 Å². The van der Waals surface area contributed by atoms with Crippen LogP contribution in [0.2, 0.25) is 0 Å². The number of benzene rings is 1. The molecule has 1 aliphatic heterocycles. The number of thioether (sulfide) groups is 1. The Kier molecular flexibility index (Phi) is 4.58. The Balaban J connectivity index is 1.68. The Morgan fingerprint density at radius 2 is 2.22 bits per heavy atom. The molecule has 2 heterocycles. The molecule has 2 aliphatic rings. The van der Waals surface area contributed by atoms with Gasteiger partial charge in [-0.25, -0.2) is 0 Å². The fraction of sp³-hybridized carbons (Fsp3) is 0.300. The molecule has 4 rings (SSSR count). The summed E-state index contributed by atoms with van der Waals surface area (Å²) >= 11 is 1.36. The lowest BCUT2D eigenvalue weighted by molar-refractivity contribution is -0.113. The molecule has 1 fully saturated rings. The third-order valence-electron chi connectivity index (χ3n) is 4.14. The summed E-state index contributed by atoms with van der Waals surface area (Å²) in [4.78, 5) is 21.2. The average molecular weight is 378 g/mol. The van der Waals surface area contributed by atoms with Crippen LogP contribution in [0.5, 0.6) is 5.75 Å². The summed E-state index contributed by atoms with van der Waals surface area (Å²) in [6, 6.07) is 8.25. The van der Waals surface area contributed by atoms with Crippen molar-refractivity contribution in [2.45, 2.75) is 38.8 Å². The number of carbonyl (C=O) groups excluding carboxylic acids is 1. The number of nitrogens with zero attached hydrogens (tertiary/aromatic N) is 3. The van der Waals surface area contributed by atoms with Gasteiger partial charge in [0.15, 0.2) is 5.17 Å². The zero-order valence-corrected chi connectivity index (χ0v) is 15.8. The molecule has 1 saturated carbocycles. The first-order valence-electron chi connectivity index (χ1n) is 8.82. The number of aliphatic imine (C=N–C) groups is 1. The van der Waals surface area contributed by atoms with Gasteiger partial charge in [-0.1, -0.05) is 6.07 Å². The number of nitriles is 1. The number of pyridine rings is 1. The van der Waals surface area contributed by atoms with Crippen LogP contribution >= 0.6 is 11.8 Å². The zero-order chi connectivity index (χ0) is 19.0. The molecule has 1 aliphatic carbocycles. The van der Waals surface area contributed by atoms with Crippen molar-refractivity contribution in [1.29, 1.82) is 5.26 Å². The number of ether oxygens (including phenoxy) is 1. The molecule has 0 radical (unpaired) electrons. The number of rotatable bonds is 4. The maximum absolute atomic E-state index is 12.2. The summed E-state index contributed by atoms with van der Waals surface area (Å²) in [5, 5.41) is 14.1. The predicted molar refractivity (Wildman–Crippen MR) is 106 cm³/mol. The van der Waals surface area contributed by atoms with Gasteiger partial charge in [-0.2, -0.15) is 10.3 Å². The molecule has 6 nitrogen and oxygen atoms in total. The highest BCUT2D eigenvalue weighted by molar-refractivity contribution is 8.18. The van der Waals surface area contributed by atoms with Crippen LogP contribution in [0, 0.1) is 11.3 Å². The standard InChI is InChI=1S/C20H18N4O2S/c1-11(2)26-18-13(9-21)10-22-16-6-3-12(7-15(16)18)8-17-19(25)24-20(27-17)23-14-4-5-14/h3,6-8,10-11,14H,4-5H2,1-2H3,(H,23,24,25)/b17-8-. The molecule has 1 aromatic heterocycles. The second-order valence-electron chi connectivity index (χ2n) is 6.81. The van der Waals surface area contributed by atoms with E-state index in [4.69, 9.17) is 4.74 Å². The summed E-state index contributed by atoms with van der Waals surface area (Å²) in [6.07, 6.45) is 5.53. The minimum atomic E-state index is -0.231. The van der Waals surface area contributed by atoms with Crippen LogP contribution in [-0.2, 0) is 4.79 Å². The molecule has 0 spiro atoms. The van der Waals surface area contributed by atoms with Crippen LogP contribution in [0.15, 0.2) is 34.3 Å². The van der Waals surface area contributed by atoms with E-state index in [-0.39, 0.29) is 12.0 Å². The van der Waals surface area contributed by atoms with Crippen molar-refractivity contribution >= 4 is 39.8 Å². The average Bonchev–Trinajstić information content (AvgIpc) is 3.38. The highest BCUT2D eigenvalue weighted by atomic mass is 32.2. The van der Waals surface area contributed by atoms with Crippen molar-refractivity contribution in [3.05, 3.63) is 40.4 Å². The van der Waals surface area contributed by atoms with Crippen LogP contribution in [0.25, 0.3) is 17.0 Å². The smallest absolute Gasteiger partial charge is 0.286 e. The summed E-state index contributed by atoms with van der Waals surface area (Å²) in [5.41, 5.74) is 1.97. The minimum Gasteiger partial charge on any atom is -0.489 e. The van der Waals surface area contributed by atoms with Crippen molar-refractivity contribution in [1.82, 2.24) is 10.3 Å². The van der Waals surface area contributed by atoms with Gasteiger partial charge < -0.3 is 10.1 Å². The molecule has 1 amide bonds. The number of hydrogen-bond acceptors (Lipinski definition) is 6. The van der Waals surface area contributed by atoms with E-state index in [2.05, 4.69) is 21.4 Å². The van der Waals surface area contributed by atoms with E-state index in [1.165, 1.54) is 18.0 Å². The van der Waals surface area contributed by atoms with Gasteiger partial charge in [-0.3, -0.25) is 9.78 Å². The van der Waals surface area contributed by atoms with E-state index < -0.39 is 0 Å². The Morgan fingerprint density at radius 1 is 1.41 bits per heavy atom. The summed E-state index contributed by atoms with van der Waals surface area (Å²) in [7, 11) is 0. The van der Waals surface area contributed by atoms with Gasteiger partial charge in [0.1, 0.15) is 17.4 Å². The molecule has 7 heteroatoms. The highest BCUT2D eigenvalue weighted by Crippen LogP contribution is 2.33. The molecule has 1 N–H and O–H groups in total. The summed E-state index contributed by atoms with van der Waals surface area (Å²) in [6.45, 7) is 3.83. The number of hydrogen-bond donors (Lipinski definition) is 1. The highest BCUT2D eigenvalue weighted by Gasteiger charge is 2.28. The van der Waals surface area contributed by atoms with Gasteiger partial charge >= 0.3 is 0 Å². The quantitative estimate of drug-likeness (QED) is 0.818. The third-order valence-corrected chi connectivity index (χ3v) is 5.05. The minimum absolute atomic E-state index is 0.0684. The Hall–Kier alpha value is -2.85. The van der Waals surface area contributed by atoms with Crippen LogP contribution in [-0.4, -0.2) is 28.2 Å². The molecule has 0 saturated heterocycles. The van der Waals surface area contributed by atoms with Crippen molar-refractivity contribution in [2.24, 2.45) is 4.99 Å². The van der Waals surface area contributed by atoms with Gasteiger partial charge in [-0.15, -0.1) is 0 Å². The Bertz CT molecular complexity index is 1030. The van der Waals surface area contributed by atoms with Crippen molar-refractivity contribution in [3.8, 4) is 11.8 Å². The zero-order valence-electron chi connectivity index (χ0n) is 15.0. The number of amides is 1. The van der Waals surface area contributed by atoms with Gasteiger partial charge in [0.05, 0.1) is 16.5 Å². The number of nitrogens with one attached hydrogen (secondary N) is 1. The van der Waals surface area contributed by atoms with E-state index in [1.54, 1.807) is 0 Å². The molecule has 0 unspecified atom stereocenters. The number of carbonyl (C=O) groups is 1.